The van der Waals surface area contributed by atoms with Crippen molar-refractivity contribution in [3.05, 3.63) is 18.0 Å². The lowest BCUT2D eigenvalue weighted by Crippen LogP contribution is -2.42. The Morgan fingerprint density at radius 2 is 1.92 bits per heavy atom. The Labute approximate surface area is 150 Å². The number of hydrogen-bond donors (Lipinski definition) is 1. The third-order valence-corrected chi connectivity index (χ3v) is 4.78. The van der Waals surface area contributed by atoms with Crippen LogP contribution in [0.2, 0.25) is 0 Å². The molecule has 6 nitrogen and oxygen atoms in total. The topological polar surface area (TPSA) is 64.3 Å². The molecule has 0 saturated carbocycles. The van der Waals surface area contributed by atoms with Crippen molar-refractivity contribution in [1.82, 2.24) is 19.8 Å². The summed E-state index contributed by atoms with van der Waals surface area (Å²) < 4.78 is 7.93. The fourth-order valence-electron chi connectivity index (χ4n) is 3.60. The summed E-state index contributed by atoms with van der Waals surface area (Å²) in [4.78, 5) is 0. The summed E-state index contributed by atoms with van der Waals surface area (Å²) in [6, 6.07) is 3.95. The summed E-state index contributed by atoms with van der Waals surface area (Å²) in [6.45, 7) is 14.9. The molecule has 25 heavy (non-hydrogen) atoms. The Hall–Kier alpha value is -1.69. The van der Waals surface area contributed by atoms with Crippen LogP contribution < -0.4 is 5.32 Å². The van der Waals surface area contributed by atoms with Gasteiger partial charge in [0, 0.05) is 24.5 Å². The van der Waals surface area contributed by atoms with Crippen LogP contribution in [0.1, 0.15) is 60.2 Å². The summed E-state index contributed by atoms with van der Waals surface area (Å²) in [5.74, 6) is 2.23. The molecule has 0 spiro atoms. The van der Waals surface area contributed by atoms with Gasteiger partial charge in [-0.05, 0) is 30.4 Å². The highest BCUT2D eigenvalue weighted by Gasteiger charge is 2.35. The summed E-state index contributed by atoms with van der Waals surface area (Å²) in [5.41, 5.74) is 0.834. The molecule has 138 valence electrons. The van der Waals surface area contributed by atoms with Crippen LogP contribution in [0.15, 0.2) is 12.1 Å². The number of aromatic nitrogens is 4. The lowest BCUT2D eigenvalue weighted by atomic mass is 9.78. The van der Waals surface area contributed by atoms with Crippen LogP contribution in [-0.2, 0) is 10.2 Å². The maximum atomic E-state index is 6.08. The largest absolute Gasteiger partial charge is 0.377 e. The molecule has 3 rings (SSSR count). The zero-order valence-corrected chi connectivity index (χ0v) is 16.3. The average molecular weight is 345 g/mol. The van der Waals surface area contributed by atoms with E-state index in [1.807, 2.05) is 16.6 Å². The Kier molecular flexibility index (Phi) is 4.75. The highest BCUT2D eigenvalue weighted by Crippen LogP contribution is 2.34. The first-order valence-corrected chi connectivity index (χ1v) is 9.25. The van der Waals surface area contributed by atoms with E-state index in [4.69, 9.17) is 9.84 Å². The minimum Gasteiger partial charge on any atom is -0.377 e. The van der Waals surface area contributed by atoms with Crippen molar-refractivity contribution in [3.8, 4) is 0 Å². The monoisotopic (exact) mass is 345 g/mol. The lowest BCUT2D eigenvalue weighted by Gasteiger charge is -2.40. The first-order valence-electron chi connectivity index (χ1n) is 9.25. The molecule has 6 heteroatoms. The molecule has 1 aliphatic rings. The van der Waals surface area contributed by atoms with Crippen LogP contribution in [0.3, 0.4) is 0 Å². The summed E-state index contributed by atoms with van der Waals surface area (Å²) in [7, 11) is 0. The average Bonchev–Trinajstić information content (AvgIpc) is 2.95. The van der Waals surface area contributed by atoms with Crippen LogP contribution >= 0.6 is 0 Å². The number of ether oxygens (including phenoxy) is 1. The molecule has 1 N–H and O–H groups in total. The van der Waals surface area contributed by atoms with Gasteiger partial charge in [-0.15, -0.1) is 15.3 Å². The molecule has 0 aliphatic carbocycles. The molecule has 0 bridgehead atoms. The Morgan fingerprint density at radius 3 is 2.60 bits per heavy atom. The van der Waals surface area contributed by atoms with E-state index in [1.165, 1.54) is 6.42 Å². The summed E-state index contributed by atoms with van der Waals surface area (Å²) in [6.07, 6.45) is 2.60. The van der Waals surface area contributed by atoms with Gasteiger partial charge in [0.05, 0.1) is 6.10 Å². The van der Waals surface area contributed by atoms with Gasteiger partial charge in [0.25, 0.3) is 0 Å². The van der Waals surface area contributed by atoms with Crippen molar-refractivity contribution >= 4 is 11.5 Å². The molecule has 0 aromatic carbocycles. The minimum atomic E-state index is -0.0976. The number of nitrogens with one attached hydrogen (secondary N) is 1. The van der Waals surface area contributed by atoms with E-state index in [0.717, 1.165) is 36.9 Å². The first kappa shape index (κ1) is 18.1. The first-order chi connectivity index (χ1) is 11.7. The minimum absolute atomic E-state index is 0.0976. The normalized spacial score (nSPS) is 22.3. The van der Waals surface area contributed by atoms with Crippen molar-refractivity contribution < 1.29 is 4.74 Å². The molecule has 2 atom stereocenters. The quantitative estimate of drug-likeness (QED) is 0.919. The van der Waals surface area contributed by atoms with E-state index in [-0.39, 0.29) is 16.9 Å². The van der Waals surface area contributed by atoms with Gasteiger partial charge in [0.1, 0.15) is 5.82 Å². The second-order valence-electron chi connectivity index (χ2n) is 9.20. The molecule has 2 unspecified atom stereocenters. The number of nitrogens with zero attached hydrogens (tertiary/aromatic N) is 4. The van der Waals surface area contributed by atoms with Crippen LogP contribution in [0.5, 0.6) is 0 Å². The maximum absolute atomic E-state index is 6.08. The second kappa shape index (κ2) is 6.56. The Balaban J connectivity index is 1.76. The van der Waals surface area contributed by atoms with Gasteiger partial charge < -0.3 is 10.1 Å². The van der Waals surface area contributed by atoms with Gasteiger partial charge >= 0.3 is 0 Å². The van der Waals surface area contributed by atoms with Crippen LogP contribution in [0.4, 0.5) is 5.82 Å². The number of fused-ring (bicyclic) bond motifs is 1. The molecule has 2 aromatic heterocycles. The van der Waals surface area contributed by atoms with Gasteiger partial charge in [0.15, 0.2) is 11.5 Å². The molecule has 1 saturated heterocycles. The maximum Gasteiger partial charge on any atom is 0.178 e. The molecular weight excluding hydrogens is 314 g/mol. The van der Waals surface area contributed by atoms with Crippen molar-refractivity contribution in [2.24, 2.45) is 11.3 Å². The predicted octanol–water partition coefficient (Wildman–Crippen LogP) is 3.68. The van der Waals surface area contributed by atoms with Crippen molar-refractivity contribution in [2.75, 3.05) is 18.5 Å². The van der Waals surface area contributed by atoms with Crippen LogP contribution in [-0.4, -0.2) is 39.1 Å². The zero-order chi connectivity index (χ0) is 18.2. The van der Waals surface area contributed by atoms with Crippen molar-refractivity contribution in [2.45, 2.75) is 65.9 Å². The number of anilines is 1. The smallest absolute Gasteiger partial charge is 0.178 e. The summed E-state index contributed by atoms with van der Waals surface area (Å²) >= 11 is 0. The van der Waals surface area contributed by atoms with E-state index >= 15 is 0 Å². The number of rotatable bonds is 3. The molecule has 2 aromatic rings. The van der Waals surface area contributed by atoms with Crippen LogP contribution in [0.25, 0.3) is 5.65 Å². The highest BCUT2D eigenvalue weighted by molar-refractivity contribution is 5.44. The predicted molar refractivity (Wildman–Crippen MR) is 99.9 cm³/mol. The van der Waals surface area contributed by atoms with Gasteiger partial charge in [-0.1, -0.05) is 41.5 Å². The van der Waals surface area contributed by atoms with E-state index in [0.29, 0.717) is 5.92 Å². The molecule has 1 fully saturated rings. The third kappa shape index (κ3) is 3.94. The van der Waals surface area contributed by atoms with Gasteiger partial charge in [-0.2, -0.15) is 4.52 Å². The highest BCUT2D eigenvalue weighted by atomic mass is 16.5. The van der Waals surface area contributed by atoms with Crippen molar-refractivity contribution in [3.63, 3.8) is 0 Å². The lowest BCUT2D eigenvalue weighted by molar-refractivity contribution is -0.0814. The fraction of sp³-hybridized carbons (Fsp3) is 0.737. The number of hydrogen-bond acceptors (Lipinski definition) is 5. The summed E-state index contributed by atoms with van der Waals surface area (Å²) in [5, 5.41) is 16.8. The standard InChI is InChI=1S/C19H31N5O/c1-18(2,3)16-13(8-7-11-25-16)12-20-14-9-10-15-21-22-17(19(4,5)6)24(15)23-14/h9-10,13,16H,7-8,11-12H2,1-6H3,(H,20,23). The van der Waals surface area contributed by atoms with Gasteiger partial charge in [-0.3, -0.25) is 0 Å². The van der Waals surface area contributed by atoms with E-state index < -0.39 is 0 Å². The fourth-order valence-corrected chi connectivity index (χ4v) is 3.60. The molecule has 0 radical (unpaired) electrons. The zero-order valence-electron chi connectivity index (χ0n) is 16.3. The third-order valence-electron chi connectivity index (χ3n) is 4.78. The van der Waals surface area contributed by atoms with E-state index in [9.17, 15) is 0 Å². The Morgan fingerprint density at radius 1 is 1.16 bits per heavy atom. The molecule has 3 heterocycles. The van der Waals surface area contributed by atoms with E-state index in [2.05, 4.69) is 57.1 Å². The van der Waals surface area contributed by atoms with E-state index in [1.54, 1.807) is 0 Å². The van der Waals surface area contributed by atoms with Crippen LogP contribution in [0, 0.1) is 11.3 Å². The van der Waals surface area contributed by atoms with Gasteiger partial charge in [-0.25, -0.2) is 0 Å². The molecule has 0 amide bonds. The van der Waals surface area contributed by atoms with Gasteiger partial charge in [0.2, 0.25) is 0 Å². The SMILES string of the molecule is CC(C)(C)c1nnc2ccc(NCC3CCCOC3C(C)(C)C)nn12. The molecular formula is C19H31N5O. The Bertz CT molecular complexity index is 725. The van der Waals surface area contributed by atoms with Crippen molar-refractivity contribution in [1.29, 1.82) is 0 Å². The molecule has 1 aliphatic heterocycles. The second-order valence-corrected chi connectivity index (χ2v) is 9.20.